The molecule has 0 bridgehead atoms. The Kier molecular flexibility index (Phi) is 7.82. The maximum atomic E-state index is 13.5. The molecule has 0 aliphatic carbocycles. The van der Waals surface area contributed by atoms with E-state index in [1.807, 2.05) is 4.72 Å². The van der Waals surface area contributed by atoms with E-state index in [1.165, 1.54) is 24.1 Å². The summed E-state index contributed by atoms with van der Waals surface area (Å²) >= 11 is 12.3. The summed E-state index contributed by atoms with van der Waals surface area (Å²) in [4.78, 5) is 27.7. The molecule has 1 heterocycles. The van der Waals surface area contributed by atoms with Gasteiger partial charge in [0.2, 0.25) is 12.7 Å². The molecule has 0 saturated carbocycles. The van der Waals surface area contributed by atoms with Gasteiger partial charge in [0.25, 0.3) is 10.0 Å². The summed E-state index contributed by atoms with van der Waals surface area (Å²) < 4.78 is 38.3. The van der Waals surface area contributed by atoms with E-state index in [0.29, 0.717) is 38.4 Å². The summed E-state index contributed by atoms with van der Waals surface area (Å²) in [5.74, 6) is 0.505. The zero-order valence-electron chi connectivity index (χ0n) is 19.8. The summed E-state index contributed by atoms with van der Waals surface area (Å²) in [7, 11) is -2.66. The van der Waals surface area contributed by atoms with Gasteiger partial charge >= 0.3 is 6.03 Å². The van der Waals surface area contributed by atoms with E-state index in [4.69, 9.17) is 32.7 Å². The molecule has 0 saturated heterocycles. The zero-order valence-corrected chi connectivity index (χ0v) is 22.2. The number of amides is 3. The van der Waals surface area contributed by atoms with Gasteiger partial charge < -0.3 is 19.7 Å². The molecule has 1 aliphatic rings. The van der Waals surface area contributed by atoms with Crippen LogP contribution in [-0.4, -0.2) is 40.2 Å². The molecular weight excluding hydrogens is 541 g/mol. The number of fused-ring (bicyclic) bond motifs is 1. The summed E-state index contributed by atoms with van der Waals surface area (Å²) in [6, 6.07) is 13.7. The first-order valence-corrected chi connectivity index (χ1v) is 13.3. The van der Waals surface area contributed by atoms with Crippen molar-refractivity contribution in [3.63, 3.8) is 0 Å². The molecule has 0 fully saturated rings. The average Bonchev–Trinajstić information content (AvgIpc) is 3.32. The SMILES string of the molecule is Cc1ccccc1S(=O)(=O)NC(=O)N[C@@H](Cc1ccc(Cl)cc1Cl)C(=O)N(C)c1ccc2c(c1)OCO2. The van der Waals surface area contributed by atoms with E-state index < -0.39 is 28.0 Å². The van der Waals surface area contributed by atoms with Crippen LogP contribution in [0, 0.1) is 6.92 Å². The molecule has 3 aromatic carbocycles. The molecule has 0 radical (unpaired) electrons. The van der Waals surface area contributed by atoms with Crippen molar-refractivity contribution in [3.05, 3.63) is 81.8 Å². The fraction of sp³-hybridized carbons (Fsp3) is 0.200. The number of hydrogen-bond donors (Lipinski definition) is 2. The number of halogens is 2. The van der Waals surface area contributed by atoms with Crippen LogP contribution in [0.2, 0.25) is 10.0 Å². The van der Waals surface area contributed by atoms with Gasteiger partial charge in [-0.05, 0) is 48.4 Å². The van der Waals surface area contributed by atoms with Gasteiger partial charge in [-0.15, -0.1) is 0 Å². The highest BCUT2D eigenvalue weighted by molar-refractivity contribution is 7.90. The molecule has 3 aromatic rings. The number of nitrogens with one attached hydrogen (secondary N) is 2. The maximum absolute atomic E-state index is 13.5. The Morgan fingerprint density at radius 3 is 2.49 bits per heavy atom. The molecule has 0 aromatic heterocycles. The number of carbonyl (C=O) groups excluding carboxylic acids is 2. The Morgan fingerprint density at radius 2 is 1.76 bits per heavy atom. The van der Waals surface area contributed by atoms with Gasteiger partial charge in [-0.3, -0.25) is 4.79 Å². The molecule has 2 N–H and O–H groups in total. The number of likely N-dealkylation sites (N-methyl/N-ethyl adjacent to an activating group) is 1. The van der Waals surface area contributed by atoms with E-state index in [-0.39, 0.29) is 18.1 Å². The number of benzene rings is 3. The molecule has 37 heavy (non-hydrogen) atoms. The van der Waals surface area contributed by atoms with Crippen molar-refractivity contribution in [2.75, 3.05) is 18.7 Å². The number of sulfonamides is 1. The molecule has 1 aliphatic heterocycles. The lowest BCUT2D eigenvalue weighted by atomic mass is 10.0. The first-order valence-electron chi connectivity index (χ1n) is 11.1. The minimum Gasteiger partial charge on any atom is -0.454 e. The largest absolute Gasteiger partial charge is 0.454 e. The third-order valence-corrected chi connectivity index (χ3v) is 7.80. The fourth-order valence-corrected chi connectivity index (χ4v) is 5.43. The molecule has 4 rings (SSSR count). The number of aryl methyl sites for hydroxylation is 1. The standard InChI is InChI=1S/C25H23Cl2N3O6S/c1-15-5-3-4-6-23(15)37(33,34)29-25(32)28-20(11-16-7-8-17(26)12-19(16)27)24(31)30(2)18-9-10-21-22(13-18)36-14-35-21/h3-10,12-13,20H,11,14H2,1-2H3,(H2,28,29,32)/t20-/m0/s1. The quantitative estimate of drug-likeness (QED) is 0.443. The summed E-state index contributed by atoms with van der Waals surface area (Å²) in [5, 5.41) is 3.19. The number of rotatable bonds is 7. The van der Waals surface area contributed by atoms with Crippen molar-refractivity contribution < 1.29 is 27.5 Å². The molecule has 12 heteroatoms. The van der Waals surface area contributed by atoms with Crippen molar-refractivity contribution in [1.82, 2.24) is 10.0 Å². The van der Waals surface area contributed by atoms with E-state index in [1.54, 1.807) is 55.5 Å². The Morgan fingerprint density at radius 1 is 1.03 bits per heavy atom. The van der Waals surface area contributed by atoms with Crippen molar-refractivity contribution in [3.8, 4) is 11.5 Å². The Balaban J connectivity index is 1.59. The molecule has 1 atom stereocenters. The summed E-state index contributed by atoms with van der Waals surface area (Å²) in [5.41, 5.74) is 1.48. The minimum atomic E-state index is -4.19. The van der Waals surface area contributed by atoms with Gasteiger partial charge in [-0.1, -0.05) is 47.5 Å². The molecule has 9 nitrogen and oxygen atoms in total. The number of carbonyl (C=O) groups is 2. The van der Waals surface area contributed by atoms with E-state index >= 15 is 0 Å². The number of nitrogens with zero attached hydrogens (tertiary/aromatic N) is 1. The van der Waals surface area contributed by atoms with Crippen LogP contribution in [0.25, 0.3) is 0 Å². The molecular formula is C25H23Cl2N3O6S. The second kappa shape index (κ2) is 10.9. The van der Waals surface area contributed by atoms with Gasteiger partial charge in [0, 0.05) is 35.3 Å². The van der Waals surface area contributed by atoms with Crippen LogP contribution in [0.3, 0.4) is 0 Å². The normalized spacial score (nSPS) is 13.1. The lowest BCUT2D eigenvalue weighted by Gasteiger charge is -2.25. The Hall–Kier alpha value is -3.47. The zero-order chi connectivity index (χ0) is 26.7. The minimum absolute atomic E-state index is 0.0262. The third kappa shape index (κ3) is 6.10. The van der Waals surface area contributed by atoms with Gasteiger partial charge in [-0.25, -0.2) is 17.9 Å². The van der Waals surface area contributed by atoms with Crippen LogP contribution >= 0.6 is 23.2 Å². The molecule has 0 unspecified atom stereocenters. The number of anilines is 1. The smallest absolute Gasteiger partial charge is 0.329 e. The number of ether oxygens (including phenoxy) is 2. The van der Waals surface area contributed by atoms with Crippen LogP contribution in [0.1, 0.15) is 11.1 Å². The predicted molar refractivity (Wildman–Crippen MR) is 140 cm³/mol. The van der Waals surface area contributed by atoms with Crippen molar-refractivity contribution >= 4 is 50.9 Å². The Bertz CT molecular complexity index is 1460. The van der Waals surface area contributed by atoms with E-state index in [0.717, 1.165) is 0 Å². The van der Waals surface area contributed by atoms with Crippen LogP contribution in [0.4, 0.5) is 10.5 Å². The summed E-state index contributed by atoms with van der Waals surface area (Å²) in [6.07, 6.45) is -0.0262. The maximum Gasteiger partial charge on any atom is 0.329 e. The Labute approximate surface area is 224 Å². The van der Waals surface area contributed by atoms with E-state index in [2.05, 4.69) is 5.32 Å². The predicted octanol–water partition coefficient (Wildman–Crippen LogP) is 4.29. The third-order valence-electron chi connectivity index (χ3n) is 5.73. The van der Waals surface area contributed by atoms with Gasteiger partial charge in [-0.2, -0.15) is 0 Å². The van der Waals surface area contributed by atoms with Crippen LogP contribution < -0.4 is 24.4 Å². The second-order valence-electron chi connectivity index (χ2n) is 8.27. The summed E-state index contributed by atoms with van der Waals surface area (Å²) in [6.45, 7) is 1.69. The first kappa shape index (κ1) is 26.6. The highest BCUT2D eigenvalue weighted by Gasteiger charge is 2.29. The number of hydrogen-bond acceptors (Lipinski definition) is 6. The lowest BCUT2D eigenvalue weighted by molar-refractivity contribution is -0.120. The molecule has 0 spiro atoms. The van der Waals surface area contributed by atoms with Gasteiger partial charge in [0.05, 0.1) is 4.90 Å². The van der Waals surface area contributed by atoms with Gasteiger partial charge in [0.15, 0.2) is 11.5 Å². The molecule has 194 valence electrons. The van der Waals surface area contributed by atoms with E-state index in [9.17, 15) is 18.0 Å². The van der Waals surface area contributed by atoms with Crippen molar-refractivity contribution in [2.24, 2.45) is 0 Å². The van der Waals surface area contributed by atoms with Crippen molar-refractivity contribution in [1.29, 1.82) is 0 Å². The van der Waals surface area contributed by atoms with Crippen LogP contribution in [0.5, 0.6) is 11.5 Å². The topological polar surface area (TPSA) is 114 Å². The van der Waals surface area contributed by atoms with Crippen LogP contribution in [0.15, 0.2) is 65.6 Å². The van der Waals surface area contributed by atoms with Gasteiger partial charge in [0.1, 0.15) is 6.04 Å². The number of urea groups is 1. The fourth-order valence-electron chi connectivity index (χ4n) is 3.78. The second-order valence-corrected chi connectivity index (χ2v) is 10.8. The van der Waals surface area contributed by atoms with Crippen LogP contribution in [-0.2, 0) is 21.2 Å². The average molecular weight is 564 g/mol. The first-order chi connectivity index (χ1) is 17.5. The monoisotopic (exact) mass is 563 g/mol. The highest BCUT2D eigenvalue weighted by atomic mass is 35.5. The lowest BCUT2D eigenvalue weighted by Crippen LogP contribution is -2.52. The van der Waals surface area contributed by atoms with Crippen molar-refractivity contribution in [2.45, 2.75) is 24.3 Å². The molecule has 3 amide bonds. The highest BCUT2D eigenvalue weighted by Crippen LogP contribution is 2.35.